The molecule has 2 aliphatic rings. The molecule has 6 nitrogen and oxygen atoms in total. The molecule has 25 heavy (non-hydrogen) atoms. The molecule has 1 saturated heterocycles. The molecular formula is C18H36IN3O3. The maximum Gasteiger partial charge on any atom is 0.193 e. The van der Waals surface area contributed by atoms with Crippen molar-refractivity contribution in [3.8, 4) is 0 Å². The van der Waals surface area contributed by atoms with Crippen LogP contribution in [0.25, 0.3) is 0 Å². The van der Waals surface area contributed by atoms with Crippen molar-refractivity contribution in [2.45, 2.75) is 45.1 Å². The summed E-state index contributed by atoms with van der Waals surface area (Å²) < 4.78 is 11.0. The van der Waals surface area contributed by atoms with Gasteiger partial charge < -0.3 is 24.8 Å². The molecule has 1 unspecified atom stereocenters. The molecule has 1 aliphatic carbocycles. The number of guanidine groups is 1. The van der Waals surface area contributed by atoms with Crippen molar-refractivity contribution in [3.63, 3.8) is 0 Å². The summed E-state index contributed by atoms with van der Waals surface area (Å²) in [5.41, 5.74) is 0. The van der Waals surface area contributed by atoms with E-state index in [9.17, 15) is 5.11 Å². The van der Waals surface area contributed by atoms with Gasteiger partial charge in [-0.2, -0.15) is 0 Å². The summed E-state index contributed by atoms with van der Waals surface area (Å²) in [6.07, 6.45) is 5.52. The largest absolute Gasteiger partial charge is 0.389 e. The van der Waals surface area contributed by atoms with E-state index in [-0.39, 0.29) is 24.0 Å². The maximum absolute atomic E-state index is 10.0. The molecule has 0 radical (unpaired) electrons. The van der Waals surface area contributed by atoms with Crippen LogP contribution in [0.15, 0.2) is 4.99 Å². The first-order valence-electron chi connectivity index (χ1n) is 9.52. The summed E-state index contributed by atoms with van der Waals surface area (Å²) in [6.45, 7) is 7.22. The fourth-order valence-corrected chi connectivity index (χ4v) is 2.89. The van der Waals surface area contributed by atoms with Crippen molar-refractivity contribution in [2.24, 2.45) is 16.8 Å². The summed E-state index contributed by atoms with van der Waals surface area (Å²) in [5.74, 6) is 2.35. The van der Waals surface area contributed by atoms with Crippen molar-refractivity contribution in [2.75, 3.05) is 53.1 Å². The monoisotopic (exact) mass is 469 g/mol. The average molecular weight is 469 g/mol. The number of hydrogen-bond acceptors (Lipinski definition) is 4. The molecule has 1 heterocycles. The number of nitrogens with zero attached hydrogens (tertiary/aromatic N) is 2. The third-order valence-corrected chi connectivity index (χ3v) is 4.72. The zero-order valence-corrected chi connectivity index (χ0v) is 18.1. The summed E-state index contributed by atoms with van der Waals surface area (Å²) in [5, 5.41) is 13.3. The normalized spacial score (nSPS) is 20.0. The minimum absolute atomic E-state index is 0. The summed E-state index contributed by atoms with van der Waals surface area (Å²) in [4.78, 5) is 6.73. The van der Waals surface area contributed by atoms with Crippen molar-refractivity contribution < 1.29 is 14.6 Å². The Morgan fingerprint density at radius 3 is 2.64 bits per heavy atom. The maximum atomic E-state index is 10.0. The van der Waals surface area contributed by atoms with Gasteiger partial charge in [0.05, 0.1) is 19.3 Å². The topological polar surface area (TPSA) is 66.3 Å². The number of halogens is 1. The molecule has 2 rings (SSSR count). The number of ether oxygens (including phenoxy) is 2. The van der Waals surface area contributed by atoms with Gasteiger partial charge >= 0.3 is 0 Å². The van der Waals surface area contributed by atoms with Crippen molar-refractivity contribution in [3.05, 3.63) is 0 Å². The van der Waals surface area contributed by atoms with Crippen LogP contribution in [0.3, 0.4) is 0 Å². The first-order valence-corrected chi connectivity index (χ1v) is 9.52. The van der Waals surface area contributed by atoms with Gasteiger partial charge in [0, 0.05) is 40.0 Å². The predicted octanol–water partition coefficient (Wildman–Crippen LogP) is 2.11. The molecule has 148 valence electrons. The van der Waals surface area contributed by atoms with Crippen LogP contribution in [0.1, 0.15) is 39.0 Å². The van der Waals surface area contributed by atoms with Gasteiger partial charge in [0.2, 0.25) is 0 Å². The van der Waals surface area contributed by atoms with Gasteiger partial charge in [-0.05, 0) is 50.9 Å². The predicted molar refractivity (Wildman–Crippen MR) is 112 cm³/mol. The lowest BCUT2D eigenvalue weighted by Gasteiger charge is -2.27. The molecule has 2 N–H and O–H groups in total. The van der Waals surface area contributed by atoms with Crippen molar-refractivity contribution >= 4 is 29.9 Å². The second kappa shape index (κ2) is 13.1. The van der Waals surface area contributed by atoms with Crippen LogP contribution in [-0.4, -0.2) is 75.2 Å². The van der Waals surface area contributed by atoms with E-state index >= 15 is 0 Å². The third-order valence-electron chi connectivity index (χ3n) is 4.72. The standard InChI is InChI=1S/C18H35N3O3.HI/c1-3-19-18(20-12-17(22)14-24-13-16-4-5-16)21(2)9-6-15-7-10-23-11-8-15;/h15-17,22H,3-14H2,1-2H3,(H,19,20);1H. The number of aliphatic imine (C=N–C) groups is 1. The lowest BCUT2D eigenvalue weighted by Crippen LogP contribution is -2.40. The average Bonchev–Trinajstić information content (AvgIpc) is 3.41. The summed E-state index contributed by atoms with van der Waals surface area (Å²) in [7, 11) is 2.07. The second-order valence-corrected chi connectivity index (χ2v) is 7.10. The highest BCUT2D eigenvalue weighted by Crippen LogP contribution is 2.28. The molecule has 2 fully saturated rings. The Morgan fingerprint density at radius 2 is 2.00 bits per heavy atom. The molecular weight excluding hydrogens is 433 g/mol. The smallest absolute Gasteiger partial charge is 0.193 e. The highest BCUT2D eigenvalue weighted by Gasteiger charge is 2.21. The van der Waals surface area contributed by atoms with Crippen LogP contribution in [0.4, 0.5) is 0 Å². The van der Waals surface area contributed by atoms with Gasteiger partial charge in [0.25, 0.3) is 0 Å². The number of aliphatic hydroxyl groups excluding tert-OH is 1. The molecule has 0 aromatic heterocycles. The number of hydrogen-bond donors (Lipinski definition) is 2. The molecule has 0 bridgehead atoms. The van der Waals surface area contributed by atoms with Crippen LogP contribution in [-0.2, 0) is 9.47 Å². The van der Waals surface area contributed by atoms with Gasteiger partial charge in [-0.25, -0.2) is 0 Å². The Balaban J connectivity index is 0.00000312. The van der Waals surface area contributed by atoms with Crippen LogP contribution in [0.2, 0.25) is 0 Å². The summed E-state index contributed by atoms with van der Waals surface area (Å²) in [6, 6.07) is 0. The molecule has 0 aromatic rings. The number of aliphatic hydroxyl groups is 1. The lowest BCUT2D eigenvalue weighted by molar-refractivity contribution is 0.0367. The molecule has 0 spiro atoms. The molecule has 7 heteroatoms. The first kappa shape index (κ1) is 22.9. The third kappa shape index (κ3) is 9.96. The van der Waals surface area contributed by atoms with Gasteiger partial charge in [-0.3, -0.25) is 4.99 Å². The van der Waals surface area contributed by atoms with Gasteiger partial charge in [-0.1, -0.05) is 0 Å². The zero-order valence-electron chi connectivity index (χ0n) is 15.8. The minimum atomic E-state index is -0.527. The Bertz CT molecular complexity index is 375. The number of rotatable bonds is 10. The Morgan fingerprint density at radius 1 is 1.28 bits per heavy atom. The van der Waals surface area contributed by atoms with Crippen LogP contribution < -0.4 is 5.32 Å². The van der Waals surface area contributed by atoms with Gasteiger partial charge in [0.1, 0.15) is 0 Å². The molecule has 1 atom stereocenters. The van der Waals surface area contributed by atoms with Crippen molar-refractivity contribution in [1.82, 2.24) is 10.2 Å². The Kier molecular flexibility index (Phi) is 12.0. The van der Waals surface area contributed by atoms with Gasteiger partial charge in [0.15, 0.2) is 5.96 Å². The molecule has 0 aromatic carbocycles. The molecule has 1 aliphatic heterocycles. The van der Waals surface area contributed by atoms with E-state index in [1.54, 1.807) is 0 Å². The fourth-order valence-electron chi connectivity index (χ4n) is 2.89. The van der Waals surface area contributed by atoms with E-state index in [1.165, 1.54) is 25.7 Å². The van der Waals surface area contributed by atoms with E-state index < -0.39 is 6.10 Å². The van der Waals surface area contributed by atoms with E-state index in [1.807, 2.05) is 0 Å². The Hall–Kier alpha value is -0.120. The SMILES string of the molecule is CCNC(=NCC(O)COCC1CC1)N(C)CCC1CCOCC1.I. The molecule has 1 saturated carbocycles. The minimum Gasteiger partial charge on any atom is -0.389 e. The van der Waals surface area contributed by atoms with Crippen LogP contribution >= 0.6 is 24.0 Å². The van der Waals surface area contributed by atoms with E-state index in [4.69, 9.17) is 9.47 Å². The van der Waals surface area contributed by atoms with Crippen molar-refractivity contribution in [1.29, 1.82) is 0 Å². The second-order valence-electron chi connectivity index (χ2n) is 7.10. The van der Waals surface area contributed by atoms with Gasteiger partial charge in [-0.15, -0.1) is 24.0 Å². The van der Waals surface area contributed by atoms with E-state index in [0.29, 0.717) is 13.2 Å². The zero-order chi connectivity index (χ0) is 17.2. The highest BCUT2D eigenvalue weighted by molar-refractivity contribution is 14.0. The quantitative estimate of drug-likeness (QED) is 0.292. The Labute approximate surface area is 169 Å². The van der Waals surface area contributed by atoms with Crippen LogP contribution in [0.5, 0.6) is 0 Å². The highest BCUT2D eigenvalue weighted by atomic mass is 127. The fraction of sp³-hybridized carbons (Fsp3) is 0.944. The number of nitrogens with one attached hydrogen (secondary N) is 1. The molecule has 0 amide bonds. The van der Waals surface area contributed by atoms with E-state index in [2.05, 4.69) is 29.2 Å². The first-order chi connectivity index (χ1) is 11.7. The summed E-state index contributed by atoms with van der Waals surface area (Å²) >= 11 is 0. The van der Waals surface area contributed by atoms with E-state index in [0.717, 1.165) is 57.1 Å². The lowest BCUT2D eigenvalue weighted by atomic mass is 9.96. The van der Waals surface area contributed by atoms with Crippen LogP contribution in [0, 0.1) is 11.8 Å².